The monoisotopic (exact) mass is 804 g/mol. The molecule has 0 radical (unpaired) electrons. The lowest BCUT2D eigenvalue weighted by atomic mass is 10.1. The molecule has 0 aromatic carbocycles. The first-order valence-corrected chi connectivity index (χ1v) is 18.3. The maximum absolute atomic E-state index is 13.3. The fourth-order valence-electron chi connectivity index (χ4n) is 6.49. The van der Waals surface area contributed by atoms with Crippen molar-refractivity contribution in [3.8, 4) is 0 Å². The Morgan fingerprint density at radius 2 is 0.482 bits per heavy atom. The summed E-state index contributed by atoms with van der Waals surface area (Å²) in [5.41, 5.74) is 0. The molecule has 1 aliphatic heterocycles. The minimum Gasteiger partial charge on any atom is -0.469 e. The van der Waals surface area contributed by atoms with Gasteiger partial charge in [0.1, 0.15) is 24.2 Å². The first-order valence-electron chi connectivity index (χ1n) is 18.3. The molecular weight excluding hydrogens is 744 g/mol. The maximum atomic E-state index is 13.3. The van der Waals surface area contributed by atoms with E-state index in [4.69, 9.17) is 37.9 Å². The number of esters is 8. The summed E-state index contributed by atoms with van der Waals surface area (Å²) in [6.07, 6.45) is -0.432. The number of hydrogen-bond donors (Lipinski definition) is 0. The van der Waals surface area contributed by atoms with Crippen LogP contribution < -0.4 is 0 Å². The van der Waals surface area contributed by atoms with Crippen molar-refractivity contribution in [3.05, 3.63) is 0 Å². The van der Waals surface area contributed by atoms with Gasteiger partial charge in [-0.25, -0.2) is 0 Å². The molecule has 4 unspecified atom stereocenters. The maximum Gasteiger partial charge on any atom is 0.323 e. The van der Waals surface area contributed by atoms with Crippen LogP contribution in [0.3, 0.4) is 0 Å². The summed E-state index contributed by atoms with van der Waals surface area (Å²) in [5, 5.41) is 0. The van der Waals surface area contributed by atoms with Crippen LogP contribution in [0.5, 0.6) is 0 Å². The number of nitrogens with zero attached hydrogens (tertiary/aromatic N) is 4. The zero-order valence-electron chi connectivity index (χ0n) is 33.9. The van der Waals surface area contributed by atoms with Crippen LogP contribution in [0.2, 0.25) is 0 Å². The largest absolute Gasteiger partial charge is 0.469 e. The molecule has 1 rings (SSSR count). The summed E-state index contributed by atoms with van der Waals surface area (Å²) in [6.45, 7) is 0.844. The summed E-state index contributed by atoms with van der Waals surface area (Å²) >= 11 is 0. The van der Waals surface area contributed by atoms with Crippen LogP contribution in [0.4, 0.5) is 0 Å². The van der Waals surface area contributed by atoms with Gasteiger partial charge in [-0.15, -0.1) is 0 Å². The third-order valence-corrected chi connectivity index (χ3v) is 9.75. The van der Waals surface area contributed by atoms with Gasteiger partial charge in [-0.05, 0) is 25.7 Å². The van der Waals surface area contributed by atoms with Crippen LogP contribution in [-0.2, 0) is 76.3 Å². The number of rotatable bonds is 20. The number of methoxy groups -OCH3 is 8. The van der Waals surface area contributed by atoms with E-state index in [0.717, 1.165) is 0 Å². The Kier molecular flexibility index (Phi) is 24.1. The SMILES string of the molecule is COC(=O)CCC(C(=O)OC)N1CCN(C(CCC(=O)OC)C(=O)OC)CCN(C(CCC(=O)OC)C(=O)OC)CCN(C(CCC(=O)OC)C(=O)OC)CC1. The predicted molar refractivity (Wildman–Crippen MR) is 195 cm³/mol. The predicted octanol–water partition coefficient (Wildman–Crippen LogP) is -0.813. The van der Waals surface area contributed by atoms with Gasteiger partial charge >= 0.3 is 47.8 Å². The number of hydrogen-bond acceptors (Lipinski definition) is 20. The van der Waals surface area contributed by atoms with Crippen molar-refractivity contribution in [1.82, 2.24) is 19.6 Å². The fraction of sp³-hybridized carbons (Fsp3) is 0.778. The van der Waals surface area contributed by atoms with Gasteiger partial charge < -0.3 is 37.9 Å². The van der Waals surface area contributed by atoms with Crippen LogP contribution in [0.15, 0.2) is 0 Å². The molecule has 0 bridgehead atoms. The van der Waals surface area contributed by atoms with Gasteiger partial charge in [0, 0.05) is 78.0 Å². The van der Waals surface area contributed by atoms with E-state index in [2.05, 4.69) is 0 Å². The van der Waals surface area contributed by atoms with Crippen molar-refractivity contribution in [1.29, 1.82) is 0 Å². The molecule has 4 atom stereocenters. The second-order valence-electron chi connectivity index (χ2n) is 12.8. The van der Waals surface area contributed by atoms with Crippen LogP contribution in [0.1, 0.15) is 51.4 Å². The van der Waals surface area contributed by atoms with E-state index in [0.29, 0.717) is 0 Å². The van der Waals surface area contributed by atoms with Crippen molar-refractivity contribution in [2.75, 3.05) is 109 Å². The van der Waals surface area contributed by atoms with E-state index in [1.165, 1.54) is 56.9 Å². The third-order valence-electron chi connectivity index (χ3n) is 9.75. The fourth-order valence-corrected chi connectivity index (χ4v) is 6.49. The van der Waals surface area contributed by atoms with Gasteiger partial charge in [0.15, 0.2) is 0 Å². The van der Waals surface area contributed by atoms with Gasteiger partial charge in [-0.1, -0.05) is 0 Å². The van der Waals surface area contributed by atoms with E-state index in [1.54, 1.807) is 19.6 Å². The standard InChI is InChI=1S/C36H60N4O16/c1-49-29(41)13-9-25(33(45)53-5)37-17-19-38(26(34(46)54-6)10-14-30(42)50-2)21-23-40(28(36(48)56-8)12-16-32(44)52-4)24-22-39(20-18-37)27(35(47)55-7)11-15-31(43)51-3/h25-28H,9-24H2,1-8H3. The first kappa shape index (κ1) is 49.6. The van der Waals surface area contributed by atoms with Crippen LogP contribution in [0.25, 0.3) is 0 Å². The van der Waals surface area contributed by atoms with Crippen molar-refractivity contribution < 1.29 is 76.3 Å². The van der Waals surface area contributed by atoms with Gasteiger partial charge in [0.05, 0.1) is 56.9 Å². The Labute approximate surface area is 328 Å². The highest BCUT2D eigenvalue weighted by Crippen LogP contribution is 2.19. The third kappa shape index (κ3) is 16.8. The van der Waals surface area contributed by atoms with E-state index in [1.807, 2.05) is 0 Å². The quantitative estimate of drug-likeness (QED) is 0.108. The average molecular weight is 805 g/mol. The average Bonchev–Trinajstić information content (AvgIpc) is 3.21. The lowest BCUT2D eigenvalue weighted by Gasteiger charge is -2.40. The van der Waals surface area contributed by atoms with Gasteiger partial charge in [0.25, 0.3) is 0 Å². The molecule has 1 fully saturated rings. The van der Waals surface area contributed by atoms with Crippen molar-refractivity contribution in [3.63, 3.8) is 0 Å². The molecule has 1 saturated heterocycles. The van der Waals surface area contributed by atoms with Crippen molar-refractivity contribution in [2.24, 2.45) is 0 Å². The summed E-state index contributed by atoms with van der Waals surface area (Å²) in [5.74, 6) is -4.75. The molecule has 20 heteroatoms. The summed E-state index contributed by atoms with van der Waals surface area (Å²) in [6, 6.07) is -3.88. The lowest BCUT2D eigenvalue weighted by Crippen LogP contribution is -2.56. The first-order chi connectivity index (χ1) is 26.7. The summed E-state index contributed by atoms with van der Waals surface area (Å²) < 4.78 is 39.9. The lowest BCUT2D eigenvalue weighted by molar-refractivity contribution is -0.153. The number of carbonyl (C=O) groups is 8. The molecule has 1 heterocycles. The molecule has 20 nitrogen and oxygen atoms in total. The second kappa shape index (κ2) is 27.2. The number of carbonyl (C=O) groups excluding carboxylic acids is 8. The van der Waals surface area contributed by atoms with Gasteiger partial charge in [-0.2, -0.15) is 0 Å². The molecular formula is C36H60N4O16. The van der Waals surface area contributed by atoms with Crippen LogP contribution >= 0.6 is 0 Å². The zero-order chi connectivity index (χ0) is 42.2. The molecule has 320 valence electrons. The normalized spacial score (nSPS) is 17.3. The van der Waals surface area contributed by atoms with Crippen LogP contribution in [-0.4, -0.2) is 201 Å². The Hall–Kier alpha value is -4.40. The highest BCUT2D eigenvalue weighted by molar-refractivity contribution is 5.79. The van der Waals surface area contributed by atoms with Crippen LogP contribution in [0, 0.1) is 0 Å². The number of ether oxygens (including phenoxy) is 8. The topological polar surface area (TPSA) is 223 Å². The highest BCUT2D eigenvalue weighted by Gasteiger charge is 2.36. The molecule has 1 aliphatic rings. The molecule has 56 heavy (non-hydrogen) atoms. The second-order valence-corrected chi connectivity index (χ2v) is 12.8. The minimum absolute atomic E-state index is 0.0136. The van der Waals surface area contributed by atoms with E-state index >= 15 is 0 Å². The Balaban J connectivity index is 3.92. The van der Waals surface area contributed by atoms with E-state index < -0.39 is 71.9 Å². The molecule has 0 aromatic heterocycles. The summed E-state index contributed by atoms with van der Waals surface area (Å²) in [7, 11) is 9.79. The van der Waals surface area contributed by atoms with E-state index in [-0.39, 0.29) is 104 Å². The molecule has 0 aliphatic carbocycles. The minimum atomic E-state index is -0.970. The Morgan fingerprint density at radius 3 is 0.607 bits per heavy atom. The molecule has 0 saturated carbocycles. The smallest absolute Gasteiger partial charge is 0.323 e. The zero-order valence-corrected chi connectivity index (χ0v) is 33.9. The molecule has 0 amide bonds. The Bertz CT molecular complexity index is 1090. The molecule has 0 N–H and O–H groups in total. The van der Waals surface area contributed by atoms with Crippen molar-refractivity contribution >= 4 is 47.8 Å². The molecule has 0 spiro atoms. The highest BCUT2D eigenvalue weighted by atomic mass is 16.5. The Morgan fingerprint density at radius 1 is 0.321 bits per heavy atom. The van der Waals surface area contributed by atoms with Crippen molar-refractivity contribution in [2.45, 2.75) is 75.5 Å². The van der Waals surface area contributed by atoms with Gasteiger partial charge in [0.2, 0.25) is 0 Å². The van der Waals surface area contributed by atoms with E-state index in [9.17, 15) is 38.4 Å². The van der Waals surface area contributed by atoms with Gasteiger partial charge in [-0.3, -0.25) is 58.0 Å². The summed E-state index contributed by atoms with van der Waals surface area (Å²) in [4.78, 5) is 109. The molecule has 0 aromatic rings.